The SMILES string of the molecule is C=C1Cc2nc(co2)C(=O)N2CCC[C@@H]2C(=O)O[C@H]([C@@H](C)CC)[C@H](C)/C=C/C(=O)NC/C=C/C(C)=C/[C@@H](O)C1. The van der Waals surface area contributed by atoms with Crippen LogP contribution in [0.4, 0.5) is 0 Å². The minimum atomic E-state index is -0.756. The van der Waals surface area contributed by atoms with E-state index in [2.05, 4.69) is 16.9 Å². The van der Waals surface area contributed by atoms with Gasteiger partial charge < -0.3 is 24.5 Å². The number of carbonyl (C=O) groups is 3. The van der Waals surface area contributed by atoms with Gasteiger partial charge in [-0.15, -0.1) is 0 Å². The number of esters is 1. The molecule has 1 aromatic rings. The molecule has 3 heterocycles. The Balaban J connectivity index is 1.87. The maximum absolute atomic E-state index is 13.3. The van der Waals surface area contributed by atoms with Gasteiger partial charge in [-0.3, -0.25) is 9.59 Å². The fourth-order valence-corrected chi connectivity index (χ4v) is 4.89. The summed E-state index contributed by atoms with van der Waals surface area (Å²) in [5.41, 5.74) is 1.66. The van der Waals surface area contributed by atoms with Crippen LogP contribution in [0.25, 0.3) is 0 Å². The lowest BCUT2D eigenvalue weighted by Crippen LogP contribution is -2.44. The van der Waals surface area contributed by atoms with E-state index in [1.165, 1.54) is 17.2 Å². The van der Waals surface area contributed by atoms with E-state index in [9.17, 15) is 19.5 Å². The lowest BCUT2D eigenvalue weighted by molar-refractivity contribution is -0.158. The minimum absolute atomic E-state index is 0.0518. The van der Waals surface area contributed by atoms with Gasteiger partial charge in [0.05, 0.1) is 6.10 Å². The third kappa shape index (κ3) is 8.51. The Hall–Kier alpha value is -3.46. The first-order chi connectivity index (χ1) is 18.6. The van der Waals surface area contributed by atoms with Crippen LogP contribution in [0.2, 0.25) is 0 Å². The summed E-state index contributed by atoms with van der Waals surface area (Å²) in [5.74, 6) is -0.930. The smallest absolute Gasteiger partial charge is 0.329 e. The number of nitrogens with one attached hydrogen (secondary N) is 1. The fourth-order valence-electron chi connectivity index (χ4n) is 4.89. The molecule has 0 saturated carbocycles. The number of hydrogen-bond donors (Lipinski definition) is 2. The molecule has 1 saturated heterocycles. The zero-order valence-corrected chi connectivity index (χ0v) is 23.4. The first kappa shape index (κ1) is 30.1. The topological polar surface area (TPSA) is 122 Å². The van der Waals surface area contributed by atoms with Gasteiger partial charge in [-0.1, -0.05) is 69.2 Å². The van der Waals surface area contributed by atoms with Gasteiger partial charge in [0.15, 0.2) is 11.6 Å². The number of nitrogens with zero attached hydrogens (tertiary/aromatic N) is 2. The summed E-state index contributed by atoms with van der Waals surface area (Å²) in [7, 11) is 0. The second kappa shape index (κ2) is 14.1. The average molecular weight is 540 g/mol. The van der Waals surface area contributed by atoms with Crippen molar-refractivity contribution >= 4 is 17.8 Å². The highest BCUT2D eigenvalue weighted by Crippen LogP contribution is 2.26. The molecule has 2 aliphatic heterocycles. The van der Waals surface area contributed by atoms with Gasteiger partial charge in [0, 0.05) is 25.4 Å². The molecule has 9 heteroatoms. The zero-order chi connectivity index (χ0) is 28.5. The standard InChI is InChI=1S/C30H41N3O6/c1-6-21(4)28-22(5)11-12-26(35)31-13-7-9-19(2)15-23(34)16-20(3)17-27-32-24(18-38-27)29(36)33-14-8-10-25(33)30(37)39-28/h7,9,11-12,15,18,21-23,25,28,34H,3,6,8,10,13-14,16-17H2,1-2,4-5H3,(H,31,35)/b9-7+,12-11+,19-15+/t21-,22+,23+,25+,28+/m0/s1. The largest absolute Gasteiger partial charge is 0.460 e. The number of hydrogen-bond acceptors (Lipinski definition) is 7. The van der Waals surface area contributed by atoms with Crippen molar-refractivity contribution in [3.8, 4) is 0 Å². The molecule has 5 atom stereocenters. The summed E-state index contributed by atoms with van der Waals surface area (Å²) in [6.45, 7) is 12.6. The molecule has 39 heavy (non-hydrogen) atoms. The van der Waals surface area contributed by atoms with Crippen molar-refractivity contribution < 1.29 is 28.6 Å². The first-order valence-electron chi connectivity index (χ1n) is 13.7. The van der Waals surface area contributed by atoms with Crippen molar-refractivity contribution in [2.45, 2.75) is 78.0 Å². The molecule has 0 aliphatic carbocycles. The summed E-state index contributed by atoms with van der Waals surface area (Å²) in [6.07, 6.45) is 11.2. The first-order valence-corrected chi connectivity index (χ1v) is 13.7. The molecule has 212 valence electrons. The highest BCUT2D eigenvalue weighted by molar-refractivity contribution is 5.95. The van der Waals surface area contributed by atoms with Crippen LogP contribution in [0.3, 0.4) is 0 Å². The quantitative estimate of drug-likeness (QED) is 0.432. The van der Waals surface area contributed by atoms with Gasteiger partial charge in [-0.05, 0) is 38.2 Å². The fraction of sp³-hybridized carbons (Fsp3) is 0.533. The van der Waals surface area contributed by atoms with E-state index in [0.717, 1.165) is 12.0 Å². The summed E-state index contributed by atoms with van der Waals surface area (Å²) in [5, 5.41) is 13.2. The number of aromatic nitrogens is 1. The van der Waals surface area contributed by atoms with E-state index in [-0.39, 0.29) is 35.8 Å². The van der Waals surface area contributed by atoms with Crippen LogP contribution in [0.15, 0.2) is 58.8 Å². The Morgan fingerprint density at radius 1 is 1.28 bits per heavy atom. The normalized spacial score (nSPS) is 30.0. The van der Waals surface area contributed by atoms with E-state index < -0.39 is 24.2 Å². The monoisotopic (exact) mass is 539 g/mol. The van der Waals surface area contributed by atoms with Gasteiger partial charge in [-0.2, -0.15) is 0 Å². The molecular weight excluding hydrogens is 498 g/mol. The number of oxazole rings is 1. The van der Waals surface area contributed by atoms with Gasteiger partial charge >= 0.3 is 5.97 Å². The molecule has 0 unspecified atom stereocenters. The number of fused-ring (bicyclic) bond motifs is 3. The van der Waals surface area contributed by atoms with E-state index in [1.807, 2.05) is 33.8 Å². The number of cyclic esters (lactones) is 1. The van der Waals surface area contributed by atoms with Gasteiger partial charge in [0.1, 0.15) is 18.4 Å². The summed E-state index contributed by atoms with van der Waals surface area (Å²) >= 11 is 0. The number of rotatable bonds is 2. The van der Waals surface area contributed by atoms with Crippen LogP contribution in [0, 0.1) is 11.8 Å². The third-order valence-corrected chi connectivity index (χ3v) is 7.21. The van der Waals surface area contributed by atoms with Crippen molar-refractivity contribution in [1.82, 2.24) is 15.2 Å². The van der Waals surface area contributed by atoms with Crippen molar-refractivity contribution in [2.24, 2.45) is 11.8 Å². The van der Waals surface area contributed by atoms with E-state index in [4.69, 9.17) is 9.15 Å². The molecule has 1 aromatic heterocycles. The van der Waals surface area contributed by atoms with Crippen LogP contribution < -0.4 is 5.32 Å². The average Bonchev–Trinajstić information content (AvgIpc) is 3.57. The molecule has 0 radical (unpaired) electrons. The van der Waals surface area contributed by atoms with E-state index in [1.54, 1.807) is 18.2 Å². The van der Waals surface area contributed by atoms with Crippen LogP contribution in [-0.4, -0.2) is 64.1 Å². The predicted octanol–water partition coefficient (Wildman–Crippen LogP) is 3.91. The van der Waals surface area contributed by atoms with Crippen molar-refractivity contribution in [3.63, 3.8) is 0 Å². The van der Waals surface area contributed by atoms with Crippen LogP contribution in [0.5, 0.6) is 0 Å². The highest BCUT2D eigenvalue weighted by atomic mass is 16.5. The number of aliphatic hydroxyl groups excluding tert-OH is 1. The third-order valence-electron chi connectivity index (χ3n) is 7.21. The van der Waals surface area contributed by atoms with Crippen molar-refractivity contribution in [2.75, 3.05) is 13.1 Å². The molecule has 3 rings (SSSR count). The molecule has 2 amide bonds. The molecule has 2 N–H and O–H groups in total. The van der Waals surface area contributed by atoms with Crippen LogP contribution in [0.1, 0.15) is 69.8 Å². The summed E-state index contributed by atoms with van der Waals surface area (Å²) in [4.78, 5) is 44.8. The maximum atomic E-state index is 13.3. The molecule has 2 aliphatic rings. The number of ether oxygens (including phenoxy) is 1. The van der Waals surface area contributed by atoms with E-state index >= 15 is 0 Å². The summed E-state index contributed by atoms with van der Waals surface area (Å²) in [6, 6.07) is -0.711. The number of aliphatic hydroxyl groups is 1. The summed E-state index contributed by atoms with van der Waals surface area (Å²) < 4.78 is 11.5. The van der Waals surface area contributed by atoms with E-state index in [0.29, 0.717) is 43.8 Å². The van der Waals surface area contributed by atoms with Crippen LogP contribution in [-0.2, 0) is 20.7 Å². The Bertz CT molecular complexity index is 1130. The van der Waals surface area contributed by atoms with Gasteiger partial charge in [-0.25, -0.2) is 9.78 Å². The molecular formula is C30H41N3O6. The Kier molecular flexibility index (Phi) is 10.9. The second-order valence-corrected chi connectivity index (χ2v) is 10.5. The molecule has 0 spiro atoms. The number of carbonyl (C=O) groups excluding carboxylic acids is 3. The van der Waals surface area contributed by atoms with Crippen LogP contribution >= 0.6 is 0 Å². The predicted molar refractivity (Wildman–Crippen MR) is 148 cm³/mol. The minimum Gasteiger partial charge on any atom is -0.460 e. The Morgan fingerprint density at radius 3 is 2.79 bits per heavy atom. The maximum Gasteiger partial charge on any atom is 0.329 e. The molecule has 0 aromatic carbocycles. The second-order valence-electron chi connectivity index (χ2n) is 10.5. The molecule has 2 bridgehead atoms. The van der Waals surface area contributed by atoms with Gasteiger partial charge in [0.2, 0.25) is 5.91 Å². The zero-order valence-electron chi connectivity index (χ0n) is 23.4. The van der Waals surface area contributed by atoms with Crippen molar-refractivity contribution in [3.05, 3.63) is 66.0 Å². The van der Waals surface area contributed by atoms with Crippen molar-refractivity contribution in [1.29, 1.82) is 0 Å². The number of amides is 2. The lowest BCUT2D eigenvalue weighted by atomic mass is 9.91. The highest BCUT2D eigenvalue weighted by Gasteiger charge is 2.39. The van der Waals surface area contributed by atoms with Gasteiger partial charge in [0.25, 0.3) is 5.91 Å². The molecule has 9 nitrogen and oxygen atoms in total. The Labute approximate surface area is 230 Å². The lowest BCUT2D eigenvalue weighted by Gasteiger charge is -2.30. The number of allylic oxidation sites excluding steroid dienone is 2. The Morgan fingerprint density at radius 2 is 2.05 bits per heavy atom. The molecule has 1 fully saturated rings.